The molecule has 110 valence electrons. The summed E-state index contributed by atoms with van der Waals surface area (Å²) in [5, 5.41) is 12.5. The van der Waals surface area contributed by atoms with Gasteiger partial charge in [0.25, 0.3) is 0 Å². The molecule has 2 fully saturated rings. The summed E-state index contributed by atoms with van der Waals surface area (Å²) in [6, 6.07) is 0.337. The van der Waals surface area contributed by atoms with Gasteiger partial charge in [-0.15, -0.1) is 0 Å². The molecule has 2 N–H and O–H groups in total. The highest BCUT2D eigenvalue weighted by molar-refractivity contribution is 5.78. The van der Waals surface area contributed by atoms with Gasteiger partial charge in [-0.1, -0.05) is 0 Å². The Labute approximate surface area is 115 Å². The second kappa shape index (κ2) is 6.68. The zero-order chi connectivity index (χ0) is 13.8. The average molecular weight is 269 g/mol. The van der Waals surface area contributed by atoms with E-state index < -0.39 is 0 Å². The summed E-state index contributed by atoms with van der Waals surface area (Å²) in [6.07, 6.45) is 2.26. The zero-order valence-electron chi connectivity index (χ0n) is 12.1. The molecule has 19 heavy (non-hydrogen) atoms. The molecule has 5 nitrogen and oxygen atoms in total. The number of amides is 1. The van der Waals surface area contributed by atoms with Crippen LogP contribution in [-0.4, -0.2) is 72.2 Å². The van der Waals surface area contributed by atoms with Gasteiger partial charge in [0.05, 0.1) is 12.6 Å². The smallest absolute Gasteiger partial charge is 0.234 e. The number of carbonyl (C=O) groups is 1. The molecule has 0 aromatic heterocycles. The SMILES string of the molecule is C[C@H](NC(=O)CN1CCN(C[C@@H](C)O)CC1)C1CC1. The number of nitrogens with zero attached hydrogens (tertiary/aromatic N) is 2. The third-order valence-electron chi connectivity index (χ3n) is 4.07. The lowest BCUT2D eigenvalue weighted by atomic mass is 10.2. The normalized spacial score (nSPS) is 25.0. The average Bonchev–Trinajstić information content (AvgIpc) is 3.14. The number of aliphatic hydroxyl groups is 1. The van der Waals surface area contributed by atoms with E-state index in [0.717, 1.165) is 32.7 Å². The third-order valence-corrected chi connectivity index (χ3v) is 4.07. The van der Waals surface area contributed by atoms with Crippen LogP contribution in [-0.2, 0) is 4.79 Å². The molecule has 1 saturated heterocycles. The Morgan fingerprint density at radius 1 is 1.21 bits per heavy atom. The van der Waals surface area contributed by atoms with Crippen LogP contribution in [0.25, 0.3) is 0 Å². The van der Waals surface area contributed by atoms with E-state index in [1.807, 2.05) is 6.92 Å². The predicted molar refractivity (Wildman–Crippen MR) is 74.9 cm³/mol. The lowest BCUT2D eigenvalue weighted by molar-refractivity contribution is -0.123. The van der Waals surface area contributed by atoms with Crippen LogP contribution in [0.5, 0.6) is 0 Å². The van der Waals surface area contributed by atoms with Crippen molar-refractivity contribution in [2.45, 2.75) is 38.8 Å². The highest BCUT2D eigenvalue weighted by Gasteiger charge is 2.29. The summed E-state index contributed by atoms with van der Waals surface area (Å²) in [6.45, 7) is 8.89. The van der Waals surface area contributed by atoms with Gasteiger partial charge in [0.1, 0.15) is 0 Å². The van der Waals surface area contributed by atoms with Gasteiger partial charge in [-0.25, -0.2) is 0 Å². The highest BCUT2D eigenvalue weighted by atomic mass is 16.3. The van der Waals surface area contributed by atoms with E-state index >= 15 is 0 Å². The van der Waals surface area contributed by atoms with Crippen LogP contribution in [0.3, 0.4) is 0 Å². The molecule has 2 rings (SSSR count). The first-order valence-corrected chi connectivity index (χ1v) is 7.46. The van der Waals surface area contributed by atoms with Crippen LogP contribution in [0.15, 0.2) is 0 Å². The van der Waals surface area contributed by atoms with Gasteiger partial charge in [-0.2, -0.15) is 0 Å². The number of hydrogen-bond acceptors (Lipinski definition) is 4. The predicted octanol–water partition coefficient (Wildman–Crippen LogP) is -0.100. The molecule has 1 amide bonds. The molecule has 0 bridgehead atoms. The Morgan fingerprint density at radius 2 is 1.79 bits per heavy atom. The van der Waals surface area contributed by atoms with Crippen molar-refractivity contribution in [3.8, 4) is 0 Å². The van der Waals surface area contributed by atoms with Crippen molar-refractivity contribution in [3.05, 3.63) is 0 Å². The Bertz CT molecular complexity index is 297. The van der Waals surface area contributed by atoms with Gasteiger partial charge >= 0.3 is 0 Å². The second-order valence-corrected chi connectivity index (χ2v) is 6.12. The number of nitrogens with one attached hydrogen (secondary N) is 1. The van der Waals surface area contributed by atoms with E-state index in [2.05, 4.69) is 22.0 Å². The summed E-state index contributed by atoms with van der Waals surface area (Å²) in [5.41, 5.74) is 0. The number of aliphatic hydroxyl groups excluding tert-OH is 1. The Kier molecular flexibility index (Phi) is 5.19. The molecule has 0 radical (unpaired) electrons. The molecule has 0 unspecified atom stereocenters. The number of carbonyl (C=O) groups excluding carboxylic acids is 1. The molecule has 2 aliphatic rings. The number of β-amino-alcohol motifs (C(OH)–C–C–N with tert-alkyl or cyclic N) is 1. The summed E-state index contributed by atoms with van der Waals surface area (Å²) in [7, 11) is 0. The maximum Gasteiger partial charge on any atom is 0.234 e. The Balaban J connectivity index is 1.63. The van der Waals surface area contributed by atoms with Crippen LogP contribution in [0.1, 0.15) is 26.7 Å². The fraction of sp³-hybridized carbons (Fsp3) is 0.929. The largest absolute Gasteiger partial charge is 0.392 e. The van der Waals surface area contributed by atoms with Crippen LogP contribution in [0, 0.1) is 5.92 Å². The molecule has 1 aliphatic carbocycles. The highest BCUT2D eigenvalue weighted by Crippen LogP contribution is 2.32. The van der Waals surface area contributed by atoms with Gasteiger partial charge in [-0.3, -0.25) is 14.6 Å². The maximum atomic E-state index is 11.9. The monoisotopic (exact) mass is 269 g/mol. The fourth-order valence-electron chi connectivity index (χ4n) is 2.72. The molecule has 2 atom stereocenters. The minimum Gasteiger partial charge on any atom is -0.392 e. The minimum absolute atomic E-state index is 0.156. The van der Waals surface area contributed by atoms with Gasteiger partial charge in [0.2, 0.25) is 5.91 Å². The topological polar surface area (TPSA) is 55.8 Å². The maximum absolute atomic E-state index is 11.9. The van der Waals surface area contributed by atoms with Crippen molar-refractivity contribution in [2.75, 3.05) is 39.3 Å². The first-order chi connectivity index (χ1) is 9.04. The molecular formula is C14H27N3O2. The first-order valence-electron chi connectivity index (χ1n) is 7.46. The molecule has 0 aromatic rings. The van der Waals surface area contributed by atoms with Crippen molar-refractivity contribution in [3.63, 3.8) is 0 Å². The van der Waals surface area contributed by atoms with Crippen LogP contribution in [0.2, 0.25) is 0 Å². The van der Waals surface area contributed by atoms with Crippen molar-refractivity contribution in [1.29, 1.82) is 0 Å². The second-order valence-electron chi connectivity index (χ2n) is 6.12. The van der Waals surface area contributed by atoms with Gasteiger partial charge in [-0.05, 0) is 32.6 Å². The summed E-state index contributed by atoms with van der Waals surface area (Å²) < 4.78 is 0. The molecule has 1 saturated carbocycles. The molecule has 0 aromatic carbocycles. The van der Waals surface area contributed by atoms with E-state index in [1.165, 1.54) is 12.8 Å². The van der Waals surface area contributed by atoms with E-state index in [9.17, 15) is 9.90 Å². The summed E-state index contributed by atoms with van der Waals surface area (Å²) in [4.78, 5) is 16.4. The lowest BCUT2D eigenvalue weighted by Gasteiger charge is -2.35. The molecule has 1 heterocycles. The van der Waals surface area contributed by atoms with E-state index in [0.29, 0.717) is 18.5 Å². The molecular weight excluding hydrogens is 242 g/mol. The molecule has 1 aliphatic heterocycles. The summed E-state index contributed by atoms with van der Waals surface area (Å²) in [5.74, 6) is 0.871. The van der Waals surface area contributed by atoms with Gasteiger partial charge in [0, 0.05) is 38.8 Å². The minimum atomic E-state index is -0.269. The van der Waals surface area contributed by atoms with Crippen molar-refractivity contribution >= 4 is 5.91 Å². The van der Waals surface area contributed by atoms with Gasteiger partial charge in [0.15, 0.2) is 0 Å². The third kappa shape index (κ3) is 5.09. The number of piperazine rings is 1. The lowest BCUT2D eigenvalue weighted by Crippen LogP contribution is -2.51. The van der Waals surface area contributed by atoms with Crippen LogP contribution >= 0.6 is 0 Å². The van der Waals surface area contributed by atoms with Crippen LogP contribution in [0.4, 0.5) is 0 Å². The molecule has 5 heteroatoms. The standard InChI is InChI=1S/C14H27N3O2/c1-11(18)9-16-5-7-17(8-6-16)10-14(19)15-12(2)13-3-4-13/h11-13,18H,3-10H2,1-2H3,(H,15,19)/t11-,12+/m1/s1. The zero-order valence-corrected chi connectivity index (χ0v) is 12.1. The Morgan fingerprint density at radius 3 is 2.32 bits per heavy atom. The van der Waals surface area contributed by atoms with E-state index in [4.69, 9.17) is 0 Å². The molecule has 0 spiro atoms. The van der Waals surface area contributed by atoms with Crippen molar-refractivity contribution < 1.29 is 9.90 Å². The van der Waals surface area contributed by atoms with Crippen molar-refractivity contribution in [1.82, 2.24) is 15.1 Å². The Hall–Kier alpha value is -0.650. The van der Waals surface area contributed by atoms with Crippen molar-refractivity contribution in [2.24, 2.45) is 5.92 Å². The number of hydrogen-bond donors (Lipinski definition) is 2. The quantitative estimate of drug-likeness (QED) is 0.707. The number of rotatable bonds is 6. The van der Waals surface area contributed by atoms with E-state index in [-0.39, 0.29) is 12.0 Å². The summed E-state index contributed by atoms with van der Waals surface area (Å²) >= 11 is 0. The van der Waals surface area contributed by atoms with Crippen LogP contribution < -0.4 is 5.32 Å². The van der Waals surface area contributed by atoms with E-state index in [1.54, 1.807) is 0 Å². The van der Waals surface area contributed by atoms with Gasteiger partial charge < -0.3 is 10.4 Å². The fourth-order valence-corrected chi connectivity index (χ4v) is 2.72. The first kappa shape index (κ1) is 14.8.